The van der Waals surface area contributed by atoms with Crippen molar-refractivity contribution >= 4 is 18.5 Å². The molecule has 0 radical (unpaired) electrons. The molecule has 2 unspecified atom stereocenters. The maximum absolute atomic E-state index is 14.2. The standard InChI is InChI=1S/C19H21F2NO2.C12H15FN2O2.C4H10.C3H7NO/c1-10-5-11(2)18(12(3)6-10)13-7-14(19(21)15(20)8-13)16(22-4)9-17(23)24;13-11-3-5-14(8-11)6-7-15-4-1-2-10(9-16)12(15)17;1-4(2)3;1-4-2-3-5/h5-8,16,22H,9H2,1-4H3,(H,23,24);1-2,4,9,11H,3,5-8H2;4H,1-3H3;3-4H,2H2,1H3. The summed E-state index contributed by atoms with van der Waals surface area (Å²) in [5, 5.41) is 14.4. The van der Waals surface area contributed by atoms with Crippen molar-refractivity contribution in [2.24, 2.45) is 5.92 Å². The first-order valence-corrected chi connectivity index (χ1v) is 16.6. The Morgan fingerprint density at radius 1 is 1.04 bits per heavy atom. The summed E-state index contributed by atoms with van der Waals surface area (Å²) in [7, 11) is 3.26. The van der Waals surface area contributed by atoms with Gasteiger partial charge in [-0.15, -0.1) is 0 Å². The fraction of sp³-hybridized carbons (Fsp3) is 0.474. The summed E-state index contributed by atoms with van der Waals surface area (Å²) in [6, 6.07) is 9.03. The highest BCUT2D eigenvalue weighted by Gasteiger charge is 2.23. The van der Waals surface area contributed by atoms with Crippen LogP contribution in [0.2, 0.25) is 0 Å². The number of rotatable bonds is 11. The Balaban J connectivity index is 0.000000415. The van der Waals surface area contributed by atoms with E-state index in [0.29, 0.717) is 44.4 Å². The number of benzene rings is 2. The van der Waals surface area contributed by atoms with Gasteiger partial charge in [0.25, 0.3) is 5.56 Å². The fourth-order valence-electron chi connectivity index (χ4n) is 5.33. The molecule has 2 aromatic carbocycles. The number of aromatic nitrogens is 1. The number of carboxylic acid groups (broad SMARTS) is 1. The molecule has 1 fully saturated rings. The number of halogens is 3. The molecule has 9 nitrogen and oxygen atoms in total. The lowest BCUT2D eigenvalue weighted by Gasteiger charge is -2.19. The molecule has 0 saturated carbocycles. The van der Waals surface area contributed by atoms with Gasteiger partial charge < -0.3 is 25.1 Å². The van der Waals surface area contributed by atoms with Crippen LogP contribution < -0.4 is 16.2 Å². The van der Waals surface area contributed by atoms with Gasteiger partial charge in [0.05, 0.1) is 18.5 Å². The number of nitrogens with zero attached hydrogens (tertiary/aromatic N) is 2. The molecule has 0 amide bonds. The summed E-state index contributed by atoms with van der Waals surface area (Å²) in [6.07, 6.45) is 2.53. The van der Waals surface area contributed by atoms with Crippen molar-refractivity contribution in [3.63, 3.8) is 0 Å². The maximum Gasteiger partial charge on any atom is 0.305 e. The Kier molecular flexibility index (Phi) is 19.8. The minimum atomic E-state index is -1.08. The van der Waals surface area contributed by atoms with Crippen molar-refractivity contribution in [2.75, 3.05) is 40.3 Å². The SMILES string of the molecule is CC(C)C.CNC(CC(=O)O)c1cc(-c2c(C)cc(C)cc2C)cc(F)c1F.CNCC=O.O=Cc1cccn(CCN2CCC(F)C2)c1=O. The average Bonchev–Trinajstić information content (AvgIpc) is 3.46. The number of aryl methyl sites for hydroxylation is 3. The van der Waals surface area contributed by atoms with Gasteiger partial charge in [0.1, 0.15) is 12.5 Å². The highest BCUT2D eigenvalue weighted by molar-refractivity contribution is 5.74. The molecule has 2 atom stereocenters. The number of likely N-dealkylation sites (tertiary alicyclic amines) is 1. The first-order chi connectivity index (χ1) is 23.6. The van der Waals surface area contributed by atoms with E-state index in [1.165, 1.54) is 23.7 Å². The molecule has 12 heteroatoms. The van der Waals surface area contributed by atoms with Crippen LogP contribution in [0.5, 0.6) is 0 Å². The van der Waals surface area contributed by atoms with E-state index in [1.54, 1.807) is 19.3 Å². The number of carbonyl (C=O) groups excluding carboxylic acids is 2. The molecular weight excluding hydrogens is 649 g/mol. The fourth-order valence-corrected chi connectivity index (χ4v) is 5.33. The number of pyridine rings is 1. The molecule has 0 bridgehead atoms. The van der Waals surface area contributed by atoms with Gasteiger partial charge in [-0.2, -0.15) is 0 Å². The van der Waals surface area contributed by atoms with E-state index >= 15 is 0 Å². The first kappa shape index (κ1) is 43.9. The number of likely N-dealkylation sites (N-methyl/N-ethyl adjacent to an activating group) is 1. The highest BCUT2D eigenvalue weighted by atomic mass is 19.2. The van der Waals surface area contributed by atoms with Crippen molar-refractivity contribution < 1.29 is 32.7 Å². The molecule has 3 N–H and O–H groups in total. The van der Waals surface area contributed by atoms with E-state index in [-0.39, 0.29) is 23.1 Å². The number of aldehydes is 2. The monoisotopic (exact) mass is 702 g/mol. The minimum Gasteiger partial charge on any atom is -0.481 e. The van der Waals surface area contributed by atoms with Gasteiger partial charge in [-0.25, -0.2) is 13.2 Å². The third-order valence-electron chi connectivity index (χ3n) is 7.46. The Labute approximate surface area is 293 Å². The first-order valence-electron chi connectivity index (χ1n) is 16.6. The van der Waals surface area contributed by atoms with Crippen LogP contribution in [-0.2, 0) is 16.1 Å². The zero-order valence-electron chi connectivity index (χ0n) is 30.5. The summed E-state index contributed by atoms with van der Waals surface area (Å²) in [5.74, 6) is -2.24. The molecule has 0 spiro atoms. The number of hydrogen-bond donors (Lipinski definition) is 3. The van der Waals surface area contributed by atoms with Gasteiger partial charge in [-0.1, -0.05) is 38.5 Å². The van der Waals surface area contributed by atoms with Crippen molar-refractivity contribution in [3.05, 3.63) is 92.4 Å². The molecule has 4 rings (SSSR count). The molecule has 2 heterocycles. The summed E-state index contributed by atoms with van der Waals surface area (Å²) in [4.78, 5) is 44.6. The van der Waals surface area contributed by atoms with Gasteiger partial charge in [0.2, 0.25) is 0 Å². The zero-order chi connectivity index (χ0) is 38.0. The van der Waals surface area contributed by atoms with E-state index in [9.17, 15) is 32.3 Å². The quantitative estimate of drug-likeness (QED) is 0.206. The van der Waals surface area contributed by atoms with E-state index in [1.807, 2.05) is 37.8 Å². The predicted molar refractivity (Wildman–Crippen MR) is 193 cm³/mol. The van der Waals surface area contributed by atoms with Crippen LogP contribution in [-0.4, -0.2) is 79.6 Å². The summed E-state index contributed by atoms with van der Waals surface area (Å²) >= 11 is 0. The van der Waals surface area contributed by atoms with Crippen LogP contribution in [0.15, 0.2) is 47.4 Å². The molecule has 276 valence electrons. The summed E-state index contributed by atoms with van der Waals surface area (Å²) < 4.78 is 42.8. The van der Waals surface area contributed by atoms with Gasteiger partial charge in [-0.05, 0) is 93.7 Å². The maximum atomic E-state index is 14.2. The Morgan fingerprint density at radius 2 is 1.66 bits per heavy atom. The second-order valence-corrected chi connectivity index (χ2v) is 12.8. The lowest BCUT2D eigenvalue weighted by molar-refractivity contribution is -0.137. The van der Waals surface area contributed by atoms with Crippen LogP contribution >= 0.6 is 0 Å². The second kappa shape index (κ2) is 22.6. The van der Waals surface area contributed by atoms with Crippen LogP contribution in [0.1, 0.15) is 72.3 Å². The Bertz CT molecular complexity index is 1570. The second-order valence-electron chi connectivity index (χ2n) is 12.8. The lowest BCUT2D eigenvalue weighted by Crippen LogP contribution is -2.30. The third-order valence-corrected chi connectivity index (χ3v) is 7.46. The molecular formula is C38H53F3N4O5. The number of aliphatic carboxylic acids is 1. The zero-order valence-corrected chi connectivity index (χ0v) is 30.5. The van der Waals surface area contributed by atoms with Crippen LogP contribution in [0.4, 0.5) is 13.2 Å². The van der Waals surface area contributed by atoms with Crippen LogP contribution in [0.3, 0.4) is 0 Å². The molecule has 1 saturated heterocycles. The largest absolute Gasteiger partial charge is 0.481 e. The molecule has 1 aliphatic rings. The lowest BCUT2D eigenvalue weighted by atomic mass is 9.91. The van der Waals surface area contributed by atoms with E-state index in [4.69, 9.17) is 5.11 Å². The normalized spacial score (nSPS) is 14.4. The van der Waals surface area contributed by atoms with Gasteiger partial charge in [0.15, 0.2) is 17.9 Å². The number of carboxylic acids is 1. The summed E-state index contributed by atoms with van der Waals surface area (Å²) in [6.45, 7) is 15.1. The van der Waals surface area contributed by atoms with Crippen molar-refractivity contribution in [2.45, 2.75) is 73.1 Å². The molecule has 1 aromatic heterocycles. The van der Waals surface area contributed by atoms with E-state index < -0.39 is 29.8 Å². The van der Waals surface area contributed by atoms with Crippen molar-refractivity contribution in [1.29, 1.82) is 0 Å². The van der Waals surface area contributed by atoms with Gasteiger partial charge in [-0.3, -0.25) is 19.3 Å². The van der Waals surface area contributed by atoms with Crippen molar-refractivity contribution in [3.8, 4) is 11.1 Å². The summed E-state index contributed by atoms with van der Waals surface area (Å²) in [5.41, 5.74) is 4.31. The number of hydrogen-bond acceptors (Lipinski definition) is 7. The van der Waals surface area contributed by atoms with Crippen LogP contribution in [0, 0.1) is 38.3 Å². The number of nitrogens with one attached hydrogen (secondary N) is 2. The van der Waals surface area contributed by atoms with Crippen molar-refractivity contribution in [1.82, 2.24) is 20.1 Å². The highest BCUT2D eigenvalue weighted by Crippen LogP contribution is 2.33. The minimum absolute atomic E-state index is 0.0225. The van der Waals surface area contributed by atoms with Crippen LogP contribution in [0.25, 0.3) is 11.1 Å². The molecule has 0 aliphatic carbocycles. The molecule has 1 aliphatic heterocycles. The smallest absolute Gasteiger partial charge is 0.305 e. The van der Waals surface area contributed by atoms with Gasteiger partial charge in [0, 0.05) is 44.0 Å². The topological polar surface area (TPSA) is 121 Å². The Hall–Kier alpha value is -4.13. The molecule has 50 heavy (non-hydrogen) atoms. The van der Waals surface area contributed by atoms with E-state index in [0.717, 1.165) is 47.1 Å². The van der Waals surface area contributed by atoms with E-state index in [2.05, 4.69) is 31.4 Å². The number of alkyl halides is 1. The number of carbonyl (C=O) groups is 3. The predicted octanol–water partition coefficient (Wildman–Crippen LogP) is 6.06. The van der Waals surface area contributed by atoms with Gasteiger partial charge >= 0.3 is 5.97 Å². The Morgan fingerprint density at radius 3 is 2.12 bits per heavy atom. The third kappa shape index (κ3) is 14.8. The molecule has 3 aromatic rings. The average molecular weight is 703 g/mol.